The van der Waals surface area contributed by atoms with Crippen molar-refractivity contribution < 1.29 is 0 Å². The van der Waals surface area contributed by atoms with Gasteiger partial charge in [-0.25, -0.2) is 0 Å². The van der Waals surface area contributed by atoms with Crippen LogP contribution < -0.4 is 5.32 Å². The van der Waals surface area contributed by atoms with Gasteiger partial charge in [-0.05, 0) is 59.3 Å². The van der Waals surface area contributed by atoms with Gasteiger partial charge in [0, 0.05) is 24.7 Å². The third-order valence-electron chi connectivity index (χ3n) is 4.70. The molecule has 2 rings (SSSR count). The van der Waals surface area contributed by atoms with Crippen molar-refractivity contribution in [1.29, 1.82) is 0 Å². The molecule has 2 aliphatic rings. The molecule has 2 unspecified atom stereocenters. The molecule has 0 radical (unpaired) electrons. The summed E-state index contributed by atoms with van der Waals surface area (Å²) in [6.07, 6.45) is 5.31. The number of likely N-dealkylation sites (N-methyl/N-ethyl adjacent to an activating group) is 1. The quantitative estimate of drug-likeness (QED) is 0.806. The molecule has 0 bridgehead atoms. The number of nitrogens with one attached hydrogen (secondary N) is 1. The van der Waals surface area contributed by atoms with E-state index in [1.165, 1.54) is 58.4 Å². The predicted molar refractivity (Wildman–Crippen MR) is 73.4 cm³/mol. The summed E-state index contributed by atoms with van der Waals surface area (Å²) in [5.74, 6) is 0. The van der Waals surface area contributed by atoms with E-state index >= 15 is 0 Å². The lowest BCUT2D eigenvalue weighted by atomic mass is 9.93. The minimum atomic E-state index is 0.414. The van der Waals surface area contributed by atoms with E-state index in [0.717, 1.165) is 0 Å². The Hall–Kier alpha value is -0.120. The molecule has 0 spiro atoms. The van der Waals surface area contributed by atoms with E-state index in [0.29, 0.717) is 11.6 Å². The first-order valence-corrected chi connectivity index (χ1v) is 7.33. The summed E-state index contributed by atoms with van der Waals surface area (Å²) in [4.78, 5) is 5.19. The maximum absolute atomic E-state index is 3.76. The fourth-order valence-corrected chi connectivity index (χ4v) is 3.46. The highest BCUT2D eigenvalue weighted by molar-refractivity contribution is 4.95. The van der Waals surface area contributed by atoms with Crippen molar-refractivity contribution in [3.63, 3.8) is 0 Å². The van der Waals surface area contributed by atoms with E-state index < -0.39 is 0 Å². The van der Waals surface area contributed by atoms with E-state index in [1.54, 1.807) is 0 Å². The third-order valence-corrected chi connectivity index (χ3v) is 4.70. The zero-order valence-electron chi connectivity index (χ0n) is 11.8. The van der Waals surface area contributed by atoms with Crippen molar-refractivity contribution in [2.75, 3.05) is 39.8 Å². The van der Waals surface area contributed by atoms with Gasteiger partial charge in [-0.3, -0.25) is 4.90 Å². The summed E-state index contributed by atoms with van der Waals surface area (Å²) in [6.45, 7) is 10.9. The van der Waals surface area contributed by atoms with Gasteiger partial charge in [-0.2, -0.15) is 0 Å². The molecule has 2 atom stereocenters. The van der Waals surface area contributed by atoms with Crippen molar-refractivity contribution in [3.8, 4) is 0 Å². The summed E-state index contributed by atoms with van der Waals surface area (Å²) in [5.41, 5.74) is 0.414. The van der Waals surface area contributed by atoms with Crippen LogP contribution in [0.4, 0.5) is 0 Å². The molecule has 100 valence electrons. The Morgan fingerprint density at radius 2 is 2.12 bits per heavy atom. The molecule has 2 aliphatic heterocycles. The van der Waals surface area contributed by atoms with E-state index in [-0.39, 0.29) is 0 Å². The van der Waals surface area contributed by atoms with Crippen LogP contribution in [0.15, 0.2) is 0 Å². The summed E-state index contributed by atoms with van der Waals surface area (Å²) in [6, 6.07) is 0.702. The molecular formula is C14H29N3. The first-order valence-electron chi connectivity index (χ1n) is 7.33. The first-order chi connectivity index (χ1) is 8.15. The normalized spacial score (nSPS) is 37.2. The van der Waals surface area contributed by atoms with Gasteiger partial charge in [0.1, 0.15) is 0 Å². The largest absolute Gasteiger partial charge is 0.310 e. The van der Waals surface area contributed by atoms with Crippen LogP contribution in [-0.4, -0.2) is 61.2 Å². The fourth-order valence-electron chi connectivity index (χ4n) is 3.46. The maximum atomic E-state index is 3.76. The van der Waals surface area contributed by atoms with Gasteiger partial charge < -0.3 is 10.2 Å². The lowest BCUT2D eigenvalue weighted by Gasteiger charge is -2.37. The Balaban J connectivity index is 1.96. The van der Waals surface area contributed by atoms with Crippen LogP contribution in [0.25, 0.3) is 0 Å². The standard InChI is InChI=1S/C14H29N3/c1-4-14(7-5-8-15-14)12-17-10-6-9-16(3)11-13(17)2/h13,15H,4-12H2,1-3H3. The van der Waals surface area contributed by atoms with Crippen LogP contribution >= 0.6 is 0 Å². The Morgan fingerprint density at radius 1 is 1.29 bits per heavy atom. The van der Waals surface area contributed by atoms with E-state index in [1.807, 2.05) is 0 Å². The van der Waals surface area contributed by atoms with E-state index in [9.17, 15) is 0 Å². The molecule has 17 heavy (non-hydrogen) atoms. The molecule has 0 aromatic rings. The highest BCUT2D eigenvalue weighted by Crippen LogP contribution is 2.25. The summed E-state index contributed by atoms with van der Waals surface area (Å²) >= 11 is 0. The molecule has 0 amide bonds. The van der Waals surface area contributed by atoms with Gasteiger partial charge in [-0.1, -0.05) is 6.92 Å². The van der Waals surface area contributed by atoms with Gasteiger partial charge in [-0.15, -0.1) is 0 Å². The lowest BCUT2D eigenvalue weighted by molar-refractivity contribution is 0.145. The zero-order chi connectivity index (χ0) is 12.3. The molecule has 0 aliphatic carbocycles. The van der Waals surface area contributed by atoms with Gasteiger partial charge in [0.2, 0.25) is 0 Å². The van der Waals surface area contributed by atoms with E-state index in [2.05, 4.69) is 36.0 Å². The number of nitrogens with zero attached hydrogens (tertiary/aromatic N) is 2. The Morgan fingerprint density at radius 3 is 2.76 bits per heavy atom. The minimum Gasteiger partial charge on any atom is -0.310 e. The molecule has 2 heterocycles. The smallest absolute Gasteiger partial charge is 0.0306 e. The van der Waals surface area contributed by atoms with Gasteiger partial charge in [0.05, 0.1) is 0 Å². The molecule has 2 saturated heterocycles. The van der Waals surface area contributed by atoms with Crippen LogP contribution in [0.1, 0.15) is 39.5 Å². The van der Waals surface area contributed by atoms with Gasteiger partial charge in [0.25, 0.3) is 0 Å². The van der Waals surface area contributed by atoms with Crippen molar-refractivity contribution in [1.82, 2.24) is 15.1 Å². The fraction of sp³-hybridized carbons (Fsp3) is 1.00. The van der Waals surface area contributed by atoms with Crippen LogP contribution in [0.2, 0.25) is 0 Å². The second-order valence-electron chi connectivity index (χ2n) is 6.10. The maximum Gasteiger partial charge on any atom is 0.0306 e. The van der Waals surface area contributed by atoms with Crippen LogP contribution in [0, 0.1) is 0 Å². The first kappa shape index (κ1) is 13.3. The zero-order valence-corrected chi connectivity index (χ0v) is 11.8. The van der Waals surface area contributed by atoms with Crippen LogP contribution in [0.5, 0.6) is 0 Å². The third kappa shape index (κ3) is 3.21. The Kier molecular flexibility index (Phi) is 4.45. The summed E-state index contributed by atoms with van der Waals surface area (Å²) in [7, 11) is 2.25. The molecule has 2 fully saturated rings. The summed E-state index contributed by atoms with van der Waals surface area (Å²) in [5, 5.41) is 3.76. The average molecular weight is 239 g/mol. The van der Waals surface area contributed by atoms with Crippen LogP contribution in [-0.2, 0) is 0 Å². The van der Waals surface area contributed by atoms with Crippen molar-refractivity contribution >= 4 is 0 Å². The molecule has 1 N–H and O–H groups in total. The van der Waals surface area contributed by atoms with Crippen molar-refractivity contribution in [2.24, 2.45) is 0 Å². The predicted octanol–water partition coefficient (Wildman–Crippen LogP) is 1.54. The molecule has 3 heteroatoms. The van der Waals surface area contributed by atoms with Crippen molar-refractivity contribution in [2.45, 2.75) is 51.1 Å². The highest BCUT2D eigenvalue weighted by Gasteiger charge is 2.35. The average Bonchev–Trinajstić information content (AvgIpc) is 2.70. The molecule has 0 aromatic heterocycles. The van der Waals surface area contributed by atoms with Crippen molar-refractivity contribution in [3.05, 3.63) is 0 Å². The van der Waals surface area contributed by atoms with Gasteiger partial charge >= 0.3 is 0 Å². The second-order valence-corrected chi connectivity index (χ2v) is 6.10. The topological polar surface area (TPSA) is 18.5 Å². The van der Waals surface area contributed by atoms with E-state index in [4.69, 9.17) is 0 Å². The molecular weight excluding hydrogens is 210 g/mol. The minimum absolute atomic E-state index is 0.414. The summed E-state index contributed by atoms with van der Waals surface area (Å²) < 4.78 is 0. The number of hydrogen-bond acceptors (Lipinski definition) is 3. The van der Waals surface area contributed by atoms with Crippen LogP contribution in [0.3, 0.4) is 0 Å². The highest BCUT2D eigenvalue weighted by atomic mass is 15.2. The van der Waals surface area contributed by atoms with Gasteiger partial charge in [0.15, 0.2) is 0 Å². The number of rotatable bonds is 3. The lowest BCUT2D eigenvalue weighted by Crippen LogP contribution is -2.52. The second kappa shape index (κ2) is 5.68. The Bertz CT molecular complexity index is 236. The molecule has 0 aromatic carbocycles. The molecule has 0 saturated carbocycles. The SMILES string of the molecule is CCC1(CN2CCCN(C)CC2C)CCCN1. The number of hydrogen-bond donors (Lipinski definition) is 1. The Labute approximate surface area is 107 Å². The molecule has 3 nitrogen and oxygen atoms in total. The monoisotopic (exact) mass is 239 g/mol.